The molecule has 0 saturated heterocycles. The van der Waals surface area contributed by atoms with E-state index in [4.69, 9.17) is 4.74 Å². The van der Waals surface area contributed by atoms with Gasteiger partial charge >= 0.3 is 0 Å². The summed E-state index contributed by atoms with van der Waals surface area (Å²) in [5, 5.41) is 7.55. The summed E-state index contributed by atoms with van der Waals surface area (Å²) in [5.74, 6) is 0.933. The van der Waals surface area contributed by atoms with Gasteiger partial charge in [-0.2, -0.15) is 5.10 Å². The highest BCUT2D eigenvalue weighted by atomic mass is 16.5. The molecule has 0 saturated carbocycles. The van der Waals surface area contributed by atoms with Crippen molar-refractivity contribution in [2.75, 3.05) is 25.6 Å². The summed E-state index contributed by atoms with van der Waals surface area (Å²) >= 11 is 0. The van der Waals surface area contributed by atoms with E-state index in [-0.39, 0.29) is 0 Å². The summed E-state index contributed by atoms with van der Waals surface area (Å²) in [6, 6.07) is 0. The second-order valence-electron chi connectivity index (χ2n) is 4.94. The van der Waals surface area contributed by atoms with Crippen LogP contribution in [0.15, 0.2) is 18.6 Å². The van der Waals surface area contributed by atoms with E-state index >= 15 is 0 Å². The second-order valence-corrected chi connectivity index (χ2v) is 4.94. The van der Waals surface area contributed by atoms with Gasteiger partial charge in [0.15, 0.2) is 0 Å². The van der Waals surface area contributed by atoms with Crippen LogP contribution in [0.1, 0.15) is 17.7 Å². The van der Waals surface area contributed by atoms with Gasteiger partial charge < -0.3 is 14.6 Å². The molecule has 1 N–H and O–H groups in total. The molecule has 0 radical (unpaired) electrons. The standard InChI is InChI=1S/C14H23N5O/c1-12-10-19(7-5-13-9-16-18(2)11-13)14(17-12)15-6-4-8-20-3/h9-11H,4-8H2,1-3H3,(H,15,17). The molecule has 0 bridgehead atoms. The zero-order valence-electron chi connectivity index (χ0n) is 12.5. The molecule has 6 heteroatoms. The van der Waals surface area contributed by atoms with Crippen LogP contribution in [0, 0.1) is 6.92 Å². The van der Waals surface area contributed by atoms with Crippen molar-refractivity contribution in [3.63, 3.8) is 0 Å². The molecule has 110 valence electrons. The Morgan fingerprint density at radius 3 is 2.90 bits per heavy atom. The Balaban J connectivity index is 1.89. The number of imidazole rings is 1. The Morgan fingerprint density at radius 1 is 1.35 bits per heavy atom. The number of methoxy groups -OCH3 is 1. The van der Waals surface area contributed by atoms with Crippen molar-refractivity contribution >= 4 is 5.95 Å². The van der Waals surface area contributed by atoms with Gasteiger partial charge in [-0.05, 0) is 25.3 Å². The highest BCUT2D eigenvalue weighted by Crippen LogP contribution is 2.10. The third kappa shape index (κ3) is 4.09. The number of rotatable bonds is 8. The summed E-state index contributed by atoms with van der Waals surface area (Å²) in [6.45, 7) is 4.56. The molecule has 2 rings (SSSR count). The van der Waals surface area contributed by atoms with Gasteiger partial charge in [0.25, 0.3) is 0 Å². The first kappa shape index (κ1) is 14.6. The van der Waals surface area contributed by atoms with E-state index in [2.05, 4.69) is 32.4 Å². The number of hydrogen-bond donors (Lipinski definition) is 1. The van der Waals surface area contributed by atoms with E-state index in [9.17, 15) is 0 Å². The molecule has 0 aliphatic rings. The van der Waals surface area contributed by atoms with Crippen LogP contribution in [0.25, 0.3) is 0 Å². The number of nitrogens with zero attached hydrogens (tertiary/aromatic N) is 4. The van der Waals surface area contributed by atoms with Crippen LogP contribution in [-0.2, 0) is 24.8 Å². The third-order valence-corrected chi connectivity index (χ3v) is 3.11. The van der Waals surface area contributed by atoms with Gasteiger partial charge in [0, 0.05) is 46.2 Å². The molecule has 2 heterocycles. The van der Waals surface area contributed by atoms with Gasteiger partial charge in [-0.25, -0.2) is 4.98 Å². The van der Waals surface area contributed by atoms with Gasteiger partial charge in [0.2, 0.25) is 5.95 Å². The van der Waals surface area contributed by atoms with Crippen molar-refractivity contribution < 1.29 is 4.74 Å². The quantitative estimate of drug-likeness (QED) is 0.745. The molecular weight excluding hydrogens is 254 g/mol. The maximum Gasteiger partial charge on any atom is 0.203 e. The van der Waals surface area contributed by atoms with E-state index < -0.39 is 0 Å². The van der Waals surface area contributed by atoms with Crippen molar-refractivity contribution in [1.29, 1.82) is 0 Å². The first-order valence-corrected chi connectivity index (χ1v) is 6.93. The molecule has 0 aliphatic carbocycles. The summed E-state index contributed by atoms with van der Waals surface area (Å²) < 4.78 is 9.04. The van der Waals surface area contributed by atoms with Crippen LogP contribution < -0.4 is 5.32 Å². The predicted octanol–water partition coefficient (Wildman–Crippen LogP) is 1.62. The van der Waals surface area contributed by atoms with Crippen molar-refractivity contribution in [3.8, 4) is 0 Å². The minimum atomic E-state index is 0.766. The fourth-order valence-electron chi connectivity index (χ4n) is 2.13. The summed E-state index contributed by atoms with van der Waals surface area (Å²) in [6.07, 6.45) is 7.97. The third-order valence-electron chi connectivity index (χ3n) is 3.11. The molecule has 0 unspecified atom stereocenters. The Morgan fingerprint density at radius 2 is 2.20 bits per heavy atom. The fourth-order valence-corrected chi connectivity index (χ4v) is 2.13. The first-order chi connectivity index (χ1) is 9.69. The maximum absolute atomic E-state index is 5.05. The normalized spacial score (nSPS) is 10.9. The van der Waals surface area contributed by atoms with Crippen LogP contribution in [0.4, 0.5) is 5.95 Å². The second kappa shape index (κ2) is 7.09. The van der Waals surface area contributed by atoms with Crippen molar-refractivity contribution in [1.82, 2.24) is 19.3 Å². The Bertz CT molecular complexity index is 531. The number of nitrogens with one attached hydrogen (secondary N) is 1. The zero-order valence-corrected chi connectivity index (χ0v) is 12.5. The van der Waals surface area contributed by atoms with Crippen molar-refractivity contribution in [2.24, 2.45) is 7.05 Å². The molecule has 20 heavy (non-hydrogen) atoms. The van der Waals surface area contributed by atoms with Gasteiger partial charge in [0.05, 0.1) is 11.9 Å². The van der Waals surface area contributed by atoms with E-state index in [0.717, 1.165) is 44.2 Å². The van der Waals surface area contributed by atoms with Crippen LogP contribution in [0.2, 0.25) is 0 Å². The molecule has 0 aliphatic heterocycles. The minimum absolute atomic E-state index is 0.766. The number of ether oxygens (including phenoxy) is 1. The van der Waals surface area contributed by atoms with Crippen LogP contribution in [0.5, 0.6) is 0 Å². The van der Waals surface area contributed by atoms with Crippen molar-refractivity contribution in [3.05, 3.63) is 29.8 Å². The molecule has 2 aromatic rings. The first-order valence-electron chi connectivity index (χ1n) is 6.93. The van der Waals surface area contributed by atoms with Gasteiger partial charge in [0.1, 0.15) is 0 Å². The topological polar surface area (TPSA) is 56.9 Å². The predicted molar refractivity (Wildman–Crippen MR) is 78.9 cm³/mol. The number of hydrogen-bond acceptors (Lipinski definition) is 4. The van der Waals surface area contributed by atoms with E-state index in [1.807, 2.05) is 24.9 Å². The molecule has 0 fully saturated rings. The lowest BCUT2D eigenvalue weighted by Crippen LogP contribution is -2.11. The molecule has 0 aromatic carbocycles. The maximum atomic E-state index is 5.05. The van der Waals surface area contributed by atoms with Crippen molar-refractivity contribution in [2.45, 2.75) is 26.3 Å². The molecule has 2 aromatic heterocycles. The van der Waals surface area contributed by atoms with Crippen LogP contribution in [0.3, 0.4) is 0 Å². The summed E-state index contributed by atoms with van der Waals surface area (Å²) in [4.78, 5) is 4.52. The summed E-state index contributed by atoms with van der Waals surface area (Å²) in [7, 11) is 3.66. The fraction of sp³-hybridized carbons (Fsp3) is 0.571. The van der Waals surface area contributed by atoms with Crippen LogP contribution >= 0.6 is 0 Å². The summed E-state index contributed by atoms with van der Waals surface area (Å²) in [5.41, 5.74) is 2.27. The van der Waals surface area contributed by atoms with Gasteiger partial charge in [-0.15, -0.1) is 0 Å². The number of aromatic nitrogens is 4. The van der Waals surface area contributed by atoms with Gasteiger partial charge in [-0.3, -0.25) is 4.68 Å². The van der Waals surface area contributed by atoms with E-state index in [0.29, 0.717) is 0 Å². The Labute approximate surface area is 119 Å². The van der Waals surface area contributed by atoms with E-state index in [1.54, 1.807) is 7.11 Å². The smallest absolute Gasteiger partial charge is 0.203 e. The highest BCUT2D eigenvalue weighted by Gasteiger charge is 2.05. The number of aryl methyl sites for hydroxylation is 4. The average Bonchev–Trinajstić information content (AvgIpc) is 2.98. The zero-order chi connectivity index (χ0) is 14.4. The van der Waals surface area contributed by atoms with Gasteiger partial charge in [-0.1, -0.05) is 0 Å². The minimum Gasteiger partial charge on any atom is -0.385 e. The Hall–Kier alpha value is -1.82. The number of anilines is 1. The lowest BCUT2D eigenvalue weighted by molar-refractivity contribution is 0.197. The molecule has 6 nitrogen and oxygen atoms in total. The molecule has 0 amide bonds. The molecular formula is C14H23N5O. The molecule has 0 atom stereocenters. The highest BCUT2D eigenvalue weighted by molar-refractivity contribution is 5.28. The SMILES string of the molecule is COCCCNc1nc(C)cn1CCc1cnn(C)c1. The molecule has 0 spiro atoms. The lowest BCUT2D eigenvalue weighted by atomic mass is 10.2. The monoisotopic (exact) mass is 277 g/mol. The largest absolute Gasteiger partial charge is 0.385 e. The lowest BCUT2D eigenvalue weighted by Gasteiger charge is -2.09. The Kier molecular flexibility index (Phi) is 5.17. The average molecular weight is 277 g/mol. The van der Waals surface area contributed by atoms with E-state index in [1.165, 1.54) is 5.56 Å². The van der Waals surface area contributed by atoms with Crippen LogP contribution in [-0.4, -0.2) is 39.6 Å².